The maximum atomic E-state index is 6.21. The molecular weight excluding hydrogens is 262 g/mol. The zero-order chi connectivity index (χ0) is 15.7. The standard InChI is InChI=1S/C17H33N3O/c1-6-11-18-16(17(8-3,9-4)21-10-5)15-13-19-20(14-15)12-7-2/h13-14,16,18H,6-12H2,1-5H3. The second kappa shape index (κ2) is 9.21. The SMILES string of the molecule is CCCNC(c1cnn(CCC)c1)C(CC)(CC)OCC. The Labute approximate surface area is 130 Å². The highest BCUT2D eigenvalue weighted by Gasteiger charge is 2.37. The number of hydrogen-bond donors (Lipinski definition) is 1. The predicted molar refractivity (Wildman–Crippen MR) is 88.5 cm³/mol. The van der Waals surface area contributed by atoms with Crippen molar-refractivity contribution in [2.24, 2.45) is 0 Å². The molecule has 1 rings (SSSR count). The van der Waals surface area contributed by atoms with Crippen LogP contribution in [0.1, 0.15) is 71.9 Å². The smallest absolute Gasteiger partial charge is 0.0872 e. The van der Waals surface area contributed by atoms with Crippen LogP contribution in [0.15, 0.2) is 12.4 Å². The van der Waals surface area contributed by atoms with Crippen molar-refractivity contribution in [2.75, 3.05) is 13.2 Å². The quantitative estimate of drug-likeness (QED) is 0.672. The number of nitrogens with zero attached hydrogens (tertiary/aromatic N) is 2. The van der Waals surface area contributed by atoms with Gasteiger partial charge in [0.05, 0.1) is 17.8 Å². The first-order valence-corrected chi connectivity index (χ1v) is 8.56. The maximum absolute atomic E-state index is 6.21. The van der Waals surface area contributed by atoms with E-state index in [1.54, 1.807) is 0 Å². The Bertz CT molecular complexity index is 385. The van der Waals surface area contributed by atoms with E-state index >= 15 is 0 Å². The van der Waals surface area contributed by atoms with Gasteiger partial charge in [0.2, 0.25) is 0 Å². The van der Waals surface area contributed by atoms with Crippen molar-refractivity contribution in [2.45, 2.75) is 78.5 Å². The molecule has 0 spiro atoms. The molecule has 1 N–H and O–H groups in total. The van der Waals surface area contributed by atoms with Crippen molar-refractivity contribution in [3.8, 4) is 0 Å². The lowest BCUT2D eigenvalue weighted by Crippen LogP contribution is -2.45. The van der Waals surface area contributed by atoms with Crippen LogP contribution >= 0.6 is 0 Å². The van der Waals surface area contributed by atoms with Gasteiger partial charge < -0.3 is 10.1 Å². The predicted octanol–water partition coefficient (Wildman–Crippen LogP) is 3.93. The molecule has 0 aliphatic rings. The van der Waals surface area contributed by atoms with E-state index in [4.69, 9.17) is 4.74 Å². The van der Waals surface area contributed by atoms with Crippen LogP contribution in [0, 0.1) is 0 Å². The van der Waals surface area contributed by atoms with E-state index in [1.807, 2.05) is 10.9 Å². The Kier molecular flexibility index (Phi) is 7.97. The number of ether oxygens (including phenoxy) is 1. The average molecular weight is 295 g/mol. The third-order valence-electron chi connectivity index (χ3n) is 4.19. The third kappa shape index (κ3) is 4.55. The van der Waals surface area contributed by atoms with Crippen LogP contribution in [0.5, 0.6) is 0 Å². The van der Waals surface area contributed by atoms with Crippen LogP contribution in [0.4, 0.5) is 0 Å². The normalized spacial score (nSPS) is 13.6. The number of hydrogen-bond acceptors (Lipinski definition) is 3. The first-order valence-electron chi connectivity index (χ1n) is 8.56. The molecule has 0 bridgehead atoms. The van der Waals surface area contributed by atoms with Crippen molar-refractivity contribution >= 4 is 0 Å². The van der Waals surface area contributed by atoms with Crippen molar-refractivity contribution < 1.29 is 4.74 Å². The van der Waals surface area contributed by atoms with E-state index < -0.39 is 0 Å². The minimum atomic E-state index is -0.149. The van der Waals surface area contributed by atoms with E-state index in [1.165, 1.54) is 5.56 Å². The van der Waals surface area contributed by atoms with Crippen LogP contribution in [-0.2, 0) is 11.3 Å². The van der Waals surface area contributed by atoms with Crippen molar-refractivity contribution in [3.63, 3.8) is 0 Å². The van der Waals surface area contributed by atoms with Crippen molar-refractivity contribution in [1.82, 2.24) is 15.1 Å². The molecule has 1 atom stereocenters. The lowest BCUT2D eigenvalue weighted by molar-refractivity contribution is -0.0733. The molecule has 0 radical (unpaired) electrons. The van der Waals surface area contributed by atoms with Gasteiger partial charge in [0.1, 0.15) is 0 Å². The van der Waals surface area contributed by atoms with E-state index in [2.05, 4.69) is 51.2 Å². The molecule has 0 aliphatic heterocycles. The highest BCUT2D eigenvalue weighted by molar-refractivity contribution is 5.16. The fourth-order valence-electron chi connectivity index (χ4n) is 3.01. The summed E-state index contributed by atoms with van der Waals surface area (Å²) in [4.78, 5) is 0. The van der Waals surface area contributed by atoms with Gasteiger partial charge in [-0.2, -0.15) is 5.10 Å². The van der Waals surface area contributed by atoms with E-state index in [-0.39, 0.29) is 11.6 Å². The molecule has 0 aliphatic carbocycles. The summed E-state index contributed by atoms with van der Waals surface area (Å²) in [6.45, 7) is 13.6. The van der Waals surface area contributed by atoms with Crippen molar-refractivity contribution in [3.05, 3.63) is 18.0 Å². The summed E-state index contributed by atoms with van der Waals surface area (Å²) in [6, 6.07) is 0.206. The zero-order valence-electron chi connectivity index (χ0n) is 14.5. The Hall–Kier alpha value is -0.870. The number of aryl methyl sites for hydroxylation is 1. The molecule has 0 saturated carbocycles. The summed E-state index contributed by atoms with van der Waals surface area (Å²) < 4.78 is 8.25. The number of nitrogens with one attached hydrogen (secondary N) is 1. The summed E-state index contributed by atoms with van der Waals surface area (Å²) in [5.41, 5.74) is 1.10. The summed E-state index contributed by atoms with van der Waals surface area (Å²) >= 11 is 0. The minimum absolute atomic E-state index is 0.149. The van der Waals surface area contributed by atoms with Gasteiger partial charge in [-0.15, -0.1) is 0 Å². The summed E-state index contributed by atoms with van der Waals surface area (Å²) in [5.74, 6) is 0. The van der Waals surface area contributed by atoms with Crippen LogP contribution in [-0.4, -0.2) is 28.5 Å². The van der Waals surface area contributed by atoms with Gasteiger partial charge in [-0.25, -0.2) is 0 Å². The molecule has 1 heterocycles. The first kappa shape index (κ1) is 18.2. The third-order valence-corrected chi connectivity index (χ3v) is 4.19. The molecule has 0 saturated heterocycles. The molecule has 1 aromatic heterocycles. The average Bonchev–Trinajstić information content (AvgIpc) is 2.95. The van der Waals surface area contributed by atoms with E-state index in [9.17, 15) is 0 Å². The summed E-state index contributed by atoms with van der Waals surface area (Å²) in [7, 11) is 0. The van der Waals surface area contributed by atoms with Gasteiger partial charge in [-0.3, -0.25) is 4.68 Å². The molecule has 1 aromatic rings. The highest BCUT2D eigenvalue weighted by atomic mass is 16.5. The fraction of sp³-hybridized carbons (Fsp3) is 0.824. The Morgan fingerprint density at radius 2 is 1.90 bits per heavy atom. The monoisotopic (exact) mass is 295 g/mol. The second-order valence-corrected chi connectivity index (χ2v) is 5.63. The minimum Gasteiger partial charge on any atom is -0.373 e. The lowest BCUT2D eigenvalue weighted by Gasteiger charge is -2.39. The fourth-order valence-corrected chi connectivity index (χ4v) is 3.01. The maximum Gasteiger partial charge on any atom is 0.0872 e. The second-order valence-electron chi connectivity index (χ2n) is 5.63. The first-order chi connectivity index (χ1) is 10.2. The van der Waals surface area contributed by atoms with E-state index in [0.717, 1.165) is 45.4 Å². The highest BCUT2D eigenvalue weighted by Crippen LogP contribution is 2.35. The van der Waals surface area contributed by atoms with Crippen LogP contribution in [0.25, 0.3) is 0 Å². The molecule has 0 aromatic carbocycles. The largest absolute Gasteiger partial charge is 0.373 e. The number of aromatic nitrogens is 2. The van der Waals surface area contributed by atoms with Gasteiger partial charge in [0.25, 0.3) is 0 Å². The van der Waals surface area contributed by atoms with Crippen LogP contribution < -0.4 is 5.32 Å². The Balaban J connectivity index is 3.05. The van der Waals surface area contributed by atoms with Gasteiger partial charge in [-0.1, -0.05) is 27.7 Å². The summed E-state index contributed by atoms with van der Waals surface area (Å²) in [5, 5.41) is 8.19. The molecule has 4 heteroatoms. The van der Waals surface area contributed by atoms with Gasteiger partial charge in [0, 0.05) is 24.9 Å². The van der Waals surface area contributed by atoms with Crippen molar-refractivity contribution in [1.29, 1.82) is 0 Å². The molecule has 122 valence electrons. The Morgan fingerprint density at radius 3 is 2.43 bits per heavy atom. The van der Waals surface area contributed by atoms with Crippen LogP contribution in [0.2, 0.25) is 0 Å². The molecule has 1 unspecified atom stereocenters. The Morgan fingerprint density at radius 1 is 1.19 bits per heavy atom. The van der Waals surface area contributed by atoms with Gasteiger partial charge in [-0.05, 0) is 39.2 Å². The molecule has 0 amide bonds. The molecule has 21 heavy (non-hydrogen) atoms. The van der Waals surface area contributed by atoms with E-state index in [0.29, 0.717) is 0 Å². The number of rotatable bonds is 11. The van der Waals surface area contributed by atoms with Crippen LogP contribution in [0.3, 0.4) is 0 Å². The topological polar surface area (TPSA) is 39.1 Å². The summed E-state index contributed by atoms with van der Waals surface area (Å²) in [6.07, 6.45) is 8.40. The zero-order valence-corrected chi connectivity index (χ0v) is 14.5. The molecule has 0 fully saturated rings. The van der Waals surface area contributed by atoms with Gasteiger partial charge in [0.15, 0.2) is 0 Å². The molecule has 4 nitrogen and oxygen atoms in total. The van der Waals surface area contributed by atoms with Gasteiger partial charge >= 0.3 is 0 Å². The molecular formula is C17H33N3O. The lowest BCUT2D eigenvalue weighted by atomic mass is 9.84.